The van der Waals surface area contributed by atoms with Crippen molar-refractivity contribution in [2.75, 3.05) is 7.05 Å². The number of nitrogens with one attached hydrogen (secondary N) is 1. The number of benzene rings is 1. The van der Waals surface area contributed by atoms with Crippen molar-refractivity contribution in [2.24, 2.45) is 0 Å². The number of H-pyrrole nitrogens is 1. The fourth-order valence-electron chi connectivity index (χ4n) is 3.96. The van der Waals surface area contributed by atoms with Crippen LogP contribution < -0.4 is 0 Å². The Kier molecular flexibility index (Phi) is 3.19. The van der Waals surface area contributed by atoms with Crippen LogP contribution in [0, 0.1) is 11.3 Å². The number of carbonyl (C=O) groups excluding carboxylic acids is 1. The predicted molar refractivity (Wildman–Crippen MR) is 89.2 cm³/mol. The molecule has 0 spiro atoms. The third-order valence-electron chi connectivity index (χ3n) is 5.68. The molecule has 4 heteroatoms. The molecule has 0 unspecified atom stereocenters. The van der Waals surface area contributed by atoms with Gasteiger partial charge in [0, 0.05) is 29.2 Å². The number of rotatable bonds is 2. The van der Waals surface area contributed by atoms with E-state index in [9.17, 15) is 10.1 Å². The Morgan fingerprint density at radius 1 is 1.26 bits per heavy atom. The number of hydrogen-bond donors (Lipinski definition) is 1. The van der Waals surface area contributed by atoms with E-state index in [1.807, 2.05) is 18.2 Å². The van der Waals surface area contributed by atoms with Crippen molar-refractivity contribution >= 4 is 16.8 Å². The van der Waals surface area contributed by atoms with E-state index >= 15 is 0 Å². The van der Waals surface area contributed by atoms with Gasteiger partial charge in [0.25, 0.3) is 5.91 Å². The average molecular weight is 307 g/mol. The Morgan fingerprint density at radius 3 is 2.74 bits per heavy atom. The van der Waals surface area contributed by atoms with E-state index in [1.54, 1.807) is 11.9 Å². The van der Waals surface area contributed by atoms with Crippen molar-refractivity contribution in [3.63, 3.8) is 0 Å². The summed E-state index contributed by atoms with van der Waals surface area (Å²) in [6.07, 6.45) is 7.24. The summed E-state index contributed by atoms with van der Waals surface area (Å²) < 4.78 is 0. The van der Waals surface area contributed by atoms with E-state index in [4.69, 9.17) is 0 Å². The number of fused-ring (bicyclic) bond motifs is 3. The lowest BCUT2D eigenvalue weighted by molar-refractivity contribution is 0.0498. The van der Waals surface area contributed by atoms with Crippen LogP contribution in [0.3, 0.4) is 0 Å². The van der Waals surface area contributed by atoms with Crippen LogP contribution in [0.5, 0.6) is 0 Å². The highest BCUT2D eigenvalue weighted by Crippen LogP contribution is 2.37. The highest BCUT2D eigenvalue weighted by molar-refractivity contribution is 5.99. The molecule has 4 rings (SSSR count). The zero-order valence-corrected chi connectivity index (χ0v) is 13.5. The van der Waals surface area contributed by atoms with Gasteiger partial charge in [-0.3, -0.25) is 4.79 Å². The van der Waals surface area contributed by atoms with Crippen LogP contribution in [-0.2, 0) is 12.8 Å². The molecule has 118 valence electrons. The lowest BCUT2D eigenvalue weighted by atomic mass is 9.76. The van der Waals surface area contributed by atoms with Crippen LogP contribution in [0.25, 0.3) is 10.9 Å². The van der Waals surface area contributed by atoms with Gasteiger partial charge < -0.3 is 9.88 Å². The molecule has 2 aromatic rings. The van der Waals surface area contributed by atoms with Crippen LogP contribution in [0.4, 0.5) is 0 Å². The summed E-state index contributed by atoms with van der Waals surface area (Å²) in [7, 11) is 1.77. The molecular weight excluding hydrogens is 286 g/mol. The van der Waals surface area contributed by atoms with E-state index in [0.717, 1.165) is 37.6 Å². The van der Waals surface area contributed by atoms with Crippen LogP contribution in [-0.4, -0.2) is 28.4 Å². The molecule has 1 heterocycles. The third kappa shape index (κ3) is 2.07. The highest BCUT2D eigenvalue weighted by Gasteiger charge is 2.43. The lowest BCUT2D eigenvalue weighted by Gasteiger charge is -2.42. The second kappa shape index (κ2) is 5.13. The number of nitrogens with zero attached hydrogens (tertiary/aromatic N) is 2. The summed E-state index contributed by atoms with van der Waals surface area (Å²) in [6, 6.07) is 8.25. The Bertz CT molecular complexity index is 823. The molecule has 1 aromatic heterocycles. The van der Waals surface area contributed by atoms with Crippen molar-refractivity contribution in [1.29, 1.82) is 5.26 Å². The number of amides is 1. The molecule has 1 saturated carbocycles. The number of nitriles is 1. The first-order chi connectivity index (χ1) is 11.1. The molecule has 0 saturated heterocycles. The van der Waals surface area contributed by atoms with Gasteiger partial charge in [-0.25, -0.2) is 0 Å². The minimum Gasteiger partial charge on any atom is -0.358 e. The van der Waals surface area contributed by atoms with Crippen LogP contribution in [0.15, 0.2) is 18.2 Å². The Balaban J connectivity index is 1.71. The first-order valence-corrected chi connectivity index (χ1v) is 8.47. The lowest BCUT2D eigenvalue weighted by Crippen LogP contribution is -2.53. The van der Waals surface area contributed by atoms with E-state index in [0.29, 0.717) is 5.56 Å². The summed E-state index contributed by atoms with van der Waals surface area (Å²) in [4.78, 5) is 18.0. The summed E-state index contributed by atoms with van der Waals surface area (Å²) in [5.41, 5.74) is 3.92. The van der Waals surface area contributed by atoms with Crippen molar-refractivity contribution in [3.05, 3.63) is 35.0 Å². The molecule has 0 radical (unpaired) electrons. The number of aromatic amines is 1. The molecule has 0 atom stereocenters. The normalized spacial score (nSPS) is 18.8. The third-order valence-corrected chi connectivity index (χ3v) is 5.68. The molecule has 2 aliphatic rings. The quantitative estimate of drug-likeness (QED) is 0.922. The first kappa shape index (κ1) is 14.3. The van der Waals surface area contributed by atoms with E-state index in [-0.39, 0.29) is 5.91 Å². The maximum absolute atomic E-state index is 12.8. The number of hydrogen-bond acceptors (Lipinski definition) is 2. The molecule has 4 nitrogen and oxygen atoms in total. The fourth-order valence-corrected chi connectivity index (χ4v) is 3.96. The second-order valence-electron chi connectivity index (χ2n) is 6.91. The maximum atomic E-state index is 12.8. The molecule has 1 amide bonds. The maximum Gasteiger partial charge on any atom is 0.254 e. The van der Waals surface area contributed by atoms with Crippen LogP contribution in [0.1, 0.15) is 53.7 Å². The van der Waals surface area contributed by atoms with Crippen molar-refractivity contribution in [3.8, 4) is 6.07 Å². The average Bonchev–Trinajstić information content (AvgIpc) is 2.91. The number of aromatic nitrogens is 1. The van der Waals surface area contributed by atoms with E-state index < -0.39 is 5.54 Å². The molecule has 1 aromatic carbocycles. The first-order valence-electron chi connectivity index (χ1n) is 8.47. The molecular formula is C19H21N3O. The number of aryl methyl sites for hydroxylation is 2. The van der Waals surface area contributed by atoms with Crippen LogP contribution in [0.2, 0.25) is 0 Å². The van der Waals surface area contributed by atoms with Gasteiger partial charge in [-0.15, -0.1) is 0 Å². The minimum atomic E-state index is -0.594. The van der Waals surface area contributed by atoms with Gasteiger partial charge in [0.1, 0.15) is 5.54 Å². The van der Waals surface area contributed by atoms with Crippen molar-refractivity contribution in [2.45, 2.75) is 50.5 Å². The van der Waals surface area contributed by atoms with Crippen molar-refractivity contribution < 1.29 is 4.79 Å². The van der Waals surface area contributed by atoms with Crippen LogP contribution >= 0.6 is 0 Å². The Morgan fingerprint density at radius 2 is 2.04 bits per heavy atom. The van der Waals surface area contributed by atoms with Gasteiger partial charge in [0.15, 0.2) is 0 Å². The van der Waals surface area contributed by atoms with Gasteiger partial charge in [0.05, 0.1) is 6.07 Å². The summed E-state index contributed by atoms with van der Waals surface area (Å²) in [5, 5.41) is 10.6. The molecule has 1 N–H and O–H groups in total. The summed E-state index contributed by atoms with van der Waals surface area (Å²) in [6.45, 7) is 0. The monoisotopic (exact) mass is 307 g/mol. The Hall–Kier alpha value is -2.28. The zero-order chi connectivity index (χ0) is 16.0. The highest BCUT2D eigenvalue weighted by atomic mass is 16.2. The SMILES string of the molecule is CN(C(=O)c1ccc2[nH]c3c(c2c1)CCCC3)C1(C#N)CCC1. The van der Waals surface area contributed by atoms with Gasteiger partial charge in [0.2, 0.25) is 0 Å². The molecule has 0 aliphatic heterocycles. The molecule has 23 heavy (non-hydrogen) atoms. The van der Waals surface area contributed by atoms with Gasteiger partial charge in [-0.1, -0.05) is 0 Å². The van der Waals surface area contributed by atoms with E-state index in [2.05, 4.69) is 11.1 Å². The van der Waals surface area contributed by atoms with Gasteiger partial charge in [-0.05, 0) is 68.7 Å². The van der Waals surface area contributed by atoms with Gasteiger partial charge in [-0.2, -0.15) is 5.26 Å². The second-order valence-corrected chi connectivity index (χ2v) is 6.91. The molecule has 1 fully saturated rings. The predicted octanol–water partition coefficient (Wildman–Crippen LogP) is 3.56. The smallest absolute Gasteiger partial charge is 0.254 e. The molecule has 0 bridgehead atoms. The largest absolute Gasteiger partial charge is 0.358 e. The standard InChI is InChI=1S/C19H21N3O/c1-22(19(12-20)9-4-10-19)18(23)13-7-8-17-15(11-13)14-5-2-3-6-16(14)21-17/h7-8,11,21H,2-6,9-10H2,1H3. The topological polar surface area (TPSA) is 59.9 Å². The van der Waals surface area contributed by atoms with Gasteiger partial charge >= 0.3 is 0 Å². The zero-order valence-electron chi connectivity index (χ0n) is 13.5. The van der Waals surface area contributed by atoms with E-state index in [1.165, 1.54) is 29.5 Å². The van der Waals surface area contributed by atoms with Crippen molar-refractivity contribution in [1.82, 2.24) is 9.88 Å². The minimum absolute atomic E-state index is 0.0427. The summed E-state index contributed by atoms with van der Waals surface area (Å²) in [5.74, 6) is -0.0427. The Labute approximate surface area is 136 Å². The number of carbonyl (C=O) groups is 1. The molecule has 2 aliphatic carbocycles. The summed E-state index contributed by atoms with van der Waals surface area (Å²) >= 11 is 0. The fraction of sp³-hybridized carbons (Fsp3) is 0.474.